The molecule has 5 N–H and O–H groups in total. The van der Waals surface area contributed by atoms with Crippen LogP contribution in [0.4, 0.5) is 5.69 Å². The van der Waals surface area contributed by atoms with E-state index in [2.05, 4.69) is 5.32 Å². The van der Waals surface area contributed by atoms with Gasteiger partial charge >= 0.3 is 0 Å². The van der Waals surface area contributed by atoms with Crippen LogP contribution in [0.15, 0.2) is 42.5 Å². The van der Waals surface area contributed by atoms with Gasteiger partial charge in [-0.3, -0.25) is 14.6 Å². The lowest BCUT2D eigenvalue weighted by atomic mass is 10.1. The van der Waals surface area contributed by atoms with E-state index < -0.39 is 5.91 Å². The first-order valence-corrected chi connectivity index (χ1v) is 7.62. The third-order valence-electron chi connectivity index (χ3n) is 3.74. The first-order chi connectivity index (χ1) is 11.4. The van der Waals surface area contributed by atoms with E-state index in [1.807, 2.05) is 31.2 Å². The molecule has 6 heteroatoms. The van der Waals surface area contributed by atoms with Crippen LogP contribution < -0.4 is 16.9 Å². The van der Waals surface area contributed by atoms with Crippen LogP contribution in [0, 0.1) is 13.8 Å². The Kier molecular flexibility index (Phi) is 5.55. The Bertz CT molecular complexity index is 741. The van der Waals surface area contributed by atoms with Gasteiger partial charge in [0, 0.05) is 12.2 Å². The Morgan fingerprint density at radius 2 is 1.75 bits per heavy atom. The molecule has 0 heterocycles. The topological polar surface area (TPSA) is 101 Å². The highest BCUT2D eigenvalue weighted by molar-refractivity contribution is 6.00. The van der Waals surface area contributed by atoms with Crippen molar-refractivity contribution in [2.24, 2.45) is 5.84 Å². The number of nitrogens with zero attached hydrogens (tertiary/aromatic N) is 1. The van der Waals surface area contributed by atoms with Gasteiger partial charge in [0.15, 0.2) is 0 Å². The molecule has 0 saturated carbocycles. The molecule has 0 unspecified atom stereocenters. The lowest BCUT2D eigenvalue weighted by Gasteiger charge is -2.18. The maximum atomic E-state index is 12.3. The minimum absolute atomic E-state index is 0.238. The Hall–Kier alpha value is -2.86. The van der Waals surface area contributed by atoms with E-state index in [0.29, 0.717) is 17.8 Å². The number of nitrogens with one attached hydrogen (secondary N) is 1. The summed E-state index contributed by atoms with van der Waals surface area (Å²) < 4.78 is 0. The van der Waals surface area contributed by atoms with E-state index in [-0.39, 0.29) is 12.5 Å². The van der Waals surface area contributed by atoms with Crippen LogP contribution in [0.1, 0.15) is 27.0 Å². The predicted octanol–water partition coefficient (Wildman–Crippen LogP) is 1.52. The van der Waals surface area contributed by atoms with Gasteiger partial charge in [-0.25, -0.2) is 5.84 Å². The van der Waals surface area contributed by atoms with Crippen molar-refractivity contribution < 1.29 is 9.59 Å². The van der Waals surface area contributed by atoms with Gasteiger partial charge in [0.05, 0.1) is 5.56 Å². The molecule has 2 rings (SSSR count). The molecule has 0 fully saturated rings. The third kappa shape index (κ3) is 4.33. The van der Waals surface area contributed by atoms with Crippen LogP contribution in [0.25, 0.3) is 0 Å². The Morgan fingerprint density at radius 3 is 2.42 bits per heavy atom. The SMILES string of the molecule is Cc1ccc(CNC(=O)CN(N)C(=O)c2cccc(C)c2N)cc1. The second-order valence-corrected chi connectivity index (χ2v) is 5.73. The van der Waals surface area contributed by atoms with E-state index in [0.717, 1.165) is 21.7 Å². The maximum absolute atomic E-state index is 12.3. The number of nitrogens with two attached hydrogens (primary N) is 2. The molecule has 0 bridgehead atoms. The Labute approximate surface area is 141 Å². The number of anilines is 1. The normalized spacial score (nSPS) is 10.3. The van der Waals surface area contributed by atoms with Crippen molar-refractivity contribution in [3.05, 3.63) is 64.7 Å². The second kappa shape index (κ2) is 7.61. The number of hydrogen-bond acceptors (Lipinski definition) is 4. The highest BCUT2D eigenvalue weighted by atomic mass is 16.2. The molecule has 0 radical (unpaired) electrons. The third-order valence-corrected chi connectivity index (χ3v) is 3.74. The van der Waals surface area contributed by atoms with E-state index in [1.165, 1.54) is 0 Å². The number of carbonyl (C=O) groups excluding carboxylic acids is 2. The Balaban J connectivity index is 1.92. The number of rotatable bonds is 5. The lowest BCUT2D eigenvalue weighted by molar-refractivity contribution is -0.122. The second-order valence-electron chi connectivity index (χ2n) is 5.73. The molecule has 0 spiro atoms. The molecule has 126 valence electrons. The summed E-state index contributed by atoms with van der Waals surface area (Å²) in [6.45, 7) is 3.95. The first kappa shape index (κ1) is 17.5. The summed E-state index contributed by atoms with van der Waals surface area (Å²) in [5, 5.41) is 3.61. The number of carbonyl (C=O) groups is 2. The van der Waals surface area contributed by atoms with Gasteiger partial charge in [-0.1, -0.05) is 42.0 Å². The monoisotopic (exact) mass is 326 g/mol. The fourth-order valence-electron chi connectivity index (χ4n) is 2.21. The van der Waals surface area contributed by atoms with Gasteiger partial charge in [-0.05, 0) is 31.0 Å². The van der Waals surface area contributed by atoms with Crippen molar-refractivity contribution in [2.75, 3.05) is 12.3 Å². The van der Waals surface area contributed by atoms with Crippen molar-refractivity contribution in [1.29, 1.82) is 0 Å². The summed E-state index contributed by atoms with van der Waals surface area (Å²) in [6.07, 6.45) is 0. The Morgan fingerprint density at radius 1 is 1.08 bits per heavy atom. The minimum Gasteiger partial charge on any atom is -0.398 e. The first-order valence-electron chi connectivity index (χ1n) is 7.62. The maximum Gasteiger partial charge on any atom is 0.270 e. The van der Waals surface area contributed by atoms with Gasteiger partial charge in [-0.2, -0.15) is 0 Å². The number of amides is 2. The van der Waals surface area contributed by atoms with Crippen LogP contribution in [-0.4, -0.2) is 23.4 Å². The molecule has 0 saturated heterocycles. The van der Waals surface area contributed by atoms with Crippen molar-refractivity contribution in [2.45, 2.75) is 20.4 Å². The summed E-state index contributed by atoms with van der Waals surface area (Å²) in [7, 11) is 0. The molecule has 2 aromatic rings. The number of nitrogen functional groups attached to an aromatic ring is 1. The van der Waals surface area contributed by atoms with E-state index >= 15 is 0 Å². The highest BCUT2D eigenvalue weighted by Crippen LogP contribution is 2.17. The number of benzene rings is 2. The van der Waals surface area contributed by atoms with Crippen LogP contribution in [0.2, 0.25) is 0 Å². The van der Waals surface area contributed by atoms with Gasteiger partial charge in [0.25, 0.3) is 5.91 Å². The fraction of sp³-hybridized carbons (Fsp3) is 0.222. The molecule has 0 aliphatic rings. The number of hydrogen-bond donors (Lipinski definition) is 3. The van der Waals surface area contributed by atoms with E-state index in [9.17, 15) is 9.59 Å². The van der Waals surface area contributed by atoms with Crippen LogP contribution in [0.5, 0.6) is 0 Å². The molecule has 24 heavy (non-hydrogen) atoms. The van der Waals surface area contributed by atoms with Crippen LogP contribution in [0.3, 0.4) is 0 Å². The zero-order chi connectivity index (χ0) is 17.7. The van der Waals surface area contributed by atoms with E-state index in [4.69, 9.17) is 11.6 Å². The summed E-state index contributed by atoms with van der Waals surface area (Å²) in [5.41, 5.74) is 9.48. The molecular formula is C18H22N4O2. The van der Waals surface area contributed by atoms with Gasteiger partial charge in [0.2, 0.25) is 5.91 Å². The number of para-hydroxylation sites is 1. The van der Waals surface area contributed by atoms with Crippen LogP contribution in [-0.2, 0) is 11.3 Å². The lowest BCUT2D eigenvalue weighted by Crippen LogP contribution is -2.45. The molecule has 2 aromatic carbocycles. The summed E-state index contributed by atoms with van der Waals surface area (Å²) in [5.74, 6) is 4.91. The molecular weight excluding hydrogens is 304 g/mol. The molecule has 0 atom stereocenters. The molecule has 0 aromatic heterocycles. The van der Waals surface area contributed by atoms with Crippen molar-refractivity contribution in [3.63, 3.8) is 0 Å². The standard InChI is InChI=1S/C18H22N4O2/c1-12-6-8-14(9-7-12)10-21-16(23)11-22(20)18(24)15-5-3-4-13(2)17(15)19/h3-9H,10-11,19-20H2,1-2H3,(H,21,23). The average Bonchev–Trinajstić information content (AvgIpc) is 2.56. The van der Waals surface area contributed by atoms with Gasteiger partial charge in [-0.15, -0.1) is 0 Å². The molecule has 0 aliphatic heterocycles. The van der Waals surface area contributed by atoms with Crippen molar-refractivity contribution in [1.82, 2.24) is 10.3 Å². The van der Waals surface area contributed by atoms with Crippen molar-refractivity contribution in [3.8, 4) is 0 Å². The number of hydrazine groups is 1. The van der Waals surface area contributed by atoms with Crippen molar-refractivity contribution >= 4 is 17.5 Å². The summed E-state index contributed by atoms with van der Waals surface area (Å²) in [6, 6.07) is 12.9. The average molecular weight is 326 g/mol. The summed E-state index contributed by atoms with van der Waals surface area (Å²) in [4.78, 5) is 24.3. The zero-order valence-electron chi connectivity index (χ0n) is 13.9. The van der Waals surface area contributed by atoms with Gasteiger partial charge in [0.1, 0.15) is 6.54 Å². The molecule has 6 nitrogen and oxygen atoms in total. The fourth-order valence-corrected chi connectivity index (χ4v) is 2.21. The van der Waals surface area contributed by atoms with E-state index in [1.54, 1.807) is 25.1 Å². The molecule has 0 aliphatic carbocycles. The van der Waals surface area contributed by atoms with Gasteiger partial charge < -0.3 is 11.1 Å². The highest BCUT2D eigenvalue weighted by Gasteiger charge is 2.18. The smallest absolute Gasteiger partial charge is 0.270 e. The van der Waals surface area contributed by atoms with Crippen LogP contribution >= 0.6 is 0 Å². The predicted molar refractivity (Wildman–Crippen MR) is 93.8 cm³/mol. The quantitative estimate of drug-likeness (QED) is 0.335. The minimum atomic E-state index is -0.485. The zero-order valence-corrected chi connectivity index (χ0v) is 13.9. The number of aryl methyl sites for hydroxylation is 2. The molecule has 2 amide bonds. The largest absolute Gasteiger partial charge is 0.398 e. The summed E-state index contributed by atoms with van der Waals surface area (Å²) >= 11 is 0.